The fraction of sp³-hybridized carbons (Fsp3) is 0.143. The van der Waals surface area contributed by atoms with E-state index in [-0.39, 0.29) is 22.8 Å². The first-order valence-electron chi connectivity index (χ1n) is 6.30. The Bertz CT molecular complexity index is 770. The number of benzene rings is 1. The summed E-state index contributed by atoms with van der Waals surface area (Å²) in [4.78, 5) is 26.8. The monoisotopic (exact) mass is 321 g/mol. The molecular formula is C14H12FN3O5. The molecule has 0 radical (unpaired) electrons. The molecule has 1 aliphatic rings. The van der Waals surface area contributed by atoms with E-state index in [1.807, 2.05) is 0 Å². The van der Waals surface area contributed by atoms with Gasteiger partial charge >= 0.3 is 0 Å². The number of phenolic OH excluding ortho intramolecular Hbond substituents is 1. The lowest BCUT2D eigenvalue weighted by Gasteiger charge is -2.07. The third kappa shape index (κ3) is 3.34. The smallest absolute Gasteiger partial charge is 0.277 e. The number of nitrogens with zero attached hydrogens (tertiary/aromatic N) is 3. The zero-order valence-electron chi connectivity index (χ0n) is 12.2. The largest absolute Gasteiger partial charge is 0.502 e. The fourth-order valence-corrected chi connectivity index (χ4v) is 1.88. The summed E-state index contributed by atoms with van der Waals surface area (Å²) in [6.45, 7) is 0. The number of carbonyl (C=O) groups excluding carboxylic acids is 1. The van der Waals surface area contributed by atoms with Gasteiger partial charge in [-0.2, -0.15) is 0 Å². The number of carbonyl (C=O) groups is 1. The van der Waals surface area contributed by atoms with Crippen molar-refractivity contribution in [3.8, 4) is 11.5 Å². The molecule has 0 saturated heterocycles. The minimum atomic E-state index is -0.910. The Labute approximate surface area is 130 Å². The number of hydrogen-bond donors (Lipinski definition) is 1. The van der Waals surface area contributed by atoms with Crippen LogP contribution < -0.4 is 4.74 Å². The molecule has 1 heterocycles. The zero-order valence-corrected chi connectivity index (χ0v) is 12.2. The lowest BCUT2D eigenvalue weighted by Crippen LogP contribution is -2.26. The van der Waals surface area contributed by atoms with Crippen LogP contribution in [0.3, 0.4) is 0 Å². The Balaban J connectivity index is 2.41. The van der Waals surface area contributed by atoms with E-state index in [1.165, 1.54) is 26.3 Å². The maximum absolute atomic E-state index is 13.6. The van der Waals surface area contributed by atoms with E-state index in [2.05, 4.69) is 4.99 Å². The SMILES string of the molecule is COc1cc(C=C2N=C(C=C[N+](=O)[O-])N(C)C2=O)cc(F)c1O. The molecule has 8 nitrogen and oxygen atoms in total. The average Bonchev–Trinajstić information content (AvgIpc) is 2.76. The lowest BCUT2D eigenvalue weighted by molar-refractivity contribution is -0.402. The molecule has 0 unspecified atom stereocenters. The molecule has 0 atom stereocenters. The molecular weight excluding hydrogens is 309 g/mol. The minimum Gasteiger partial charge on any atom is -0.502 e. The summed E-state index contributed by atoms with van der Waals surface area (Å²) in [6, 6.07) is 2.34. The van der Waals surface area contributed by atoms with Gasteiger partial charge in [0.2, 0.25) is 6.20 Å². The molecule has 1 N–H and O–H groups in total. The second kappa shape index (κ2) is 6.26. The van der Waals surface area contributed by atoms with Gasteiger partial charge in [0.1, 0.15) is 11.5 Å². The summed E-state index contributed by atoms with van der Waals surface area (Å²) < 4.78 is 18.4. The topological polar surface area (TPSA) is 105 Å². The number of rotatable bonds is 4. The van der Waals surface area contributed by atoms with Crippen molar-refractivity contribution in [3.05, 3.63) is 51.6 Å². The van der Waals surface area contributed by atoms with Crippen molar-refractivity contribution in [2.24, 2.45) is 4.99 Å². The lowest BCUT2D eigenvalue weighted by atomic mass is 10.1. The van der Waals surface area contributed by atoms with Gasteiger partial charge < -0.3 is 9.84 Å². The van der Waals surface area contributed by atoms with Crippen LogP contribution in [0.4, 0.5) is 4.39 Å². The summed E-state index contributed by atoms with van der Waals surface area (Å²) >= 11 is 0. The minimum absolute atomic E-state index is 0.0253. The van der Waals surface area contributed by atoms with Gasteiger partial charge in [-0.05, 0) is 23.8 Å². The number of likely N-dealkylation sites (N-methyl/N-ethyl adjacent to an activating group) is 1. The molecule has 0 spiro atoms. The molecule has 1 aliphatic heterocycles. The van der Waals surface area contributed by atoms with Crippen molar-refractivity contribution in [1.29, 1.82) is 0 Å². The number of methoxy groups -OCH3 is 1. The summed E-state index contributed by atoms with van der Waals surface area (Å²) in [5.74, 6) is -2.05. The van der Waals surface area contributed by atoms with E-state index in [1.54, 1.807) is 0 Å². The predicted octanol–water partition coefficient (Wildman–Crippen LogP) is 1.54. The Hall–Kier alpha value is -3.23. The molecule has 1 aromatic rings. The van der Waals surface area contributed by atoms with E-state index in [0.717, 1.165) is 17.0 Å². The summed E-state index contributed by atoms with van der Waals surface area (Å²) in [6.07, 6.45) is 3.03. The van der Waals surface area contributed by atoms with Crippen LogP contribution in [0, 0.1) is 15.9 Å². The van der Waals surface area contributed by atoms with Gasteiger partial charge in [-0.3, -0.25) is 19.8 Å². The summed E-state index contributed by atoms with van der Waals surface area (Å²) in [7, 11) is 2.67. The van der Waals surface area contributed by atoms with Gasteiger partial charge in [0.25, 0.3) is 5.91 Å². The molecule has 120 valence electrons. The van der Waals surface area contributed by atoms with E-state index in [0.29, 0.717) is 6.20 Å². The van der Waals surface area contributed by atoms with Crippen LogP contribution in [0.5, 0.6) is 11.5 Å². The van der Waals surface area contributed by atoms with E-state index >= 15 is 0 Å². The van der Waals surface area contributed by atoms with Gasteiger partial charge in [-0.25, -0.2) is 9.38 Å². The van der Waals surface area contributed by atoms with Crippen molar-refractivity contribution in [1.82, 2.24) is 4.90 Å². The van der Waals surface area contributed by atoms with Gasteiger partial charge in [-0.1, -0.05) is 0 Å². The third-order valence-corrected chi connectivity index (χ3v) is 3.02. The fourth-order valence-electron chi connectivity index (χ4n) is 1.88. The molecule has 1 aromatic carbocycles. The Morgan fingerprint density at radius 2 is 2.17 bits per heavy atom. The first kappa shape index (κ1) is 16.1. The molecule has 23 heavy (non-hydrogen) atoms. The number of amides is 1. The van der Waals surface area contributed by atoms with Crippen molar-refractivity contribution in [2.45, 2.75) is 0 Å². The highest BCUT2D eigenvalue weighted by atomic mass is 19.1. The van der Waals surface area contributed by atoms with Crippen LogP contribution in [0.25, 0.3) is 6.08 Å². The molecule has 2 rings (SSSR count). The Morgan fingerprint density at radius 1 is 1.48 bits per heavy atom. The first-order chi connectivity index (χ1) is 10.8. The molecule has 0 saturated carbocycles. The standard InChI is InChI=1S/C14H12FN3O5/c1-17-12(3-4-18(21)22)16-10(14(17)20)6-8-5-9(15)13(19)11(7-8)23-2/h3-7,19H,1-2H3. The maximum atomic E-state index is 13.6. The zero-order chi connectivity index (χ0) is 17.1. The van der Waals surface area contributed by atoms with Gasteiger partial charge in [0.05, 0.1) is 18.1 Å². The predicted molar refractivity (Wildman–Crippen MR) is 78.9 cm³/mol. The molecule has 0 aromatic heterocycles. The van der Waals surface area contributed by atoms with E-state index in [4.69, 9.17) is 4.74 Å². The first-order valence-corrected chi connectivity index (χ1v) is 6.30. The van der Waals surface area contributed by atoms with Crippen molar-refractivity contribution >= 4 is 17.8 Å². The van der Waals surface area contributed by atoms with Gasteiger partial charge in [0.15, 0.2) is 17.3 Å². The highest BCUT2D eigenvalue weighted by molar-refractivity contribution is 6.17. The number of hydrogen-bond acceptors (Lipinski definition) is 6. The third-order valence-electron chi connectivity index (χ3n) is 3.02. The number of amidine groups is 1. The number of phenols is 1. The van der Waals surface area contributed by atoms with Crippen molar-refractivity contribution in [2.75, 3.05) is 14.2 Å². The van der Waals surface area contributed by atoms with Crippen LogP contribution in [0.15, 0.2) is 35.1 Å². The maximum Gasteiger partial charge on any atom is 0.277 e. The van der Waals surface area contributed by atoms with Crippen LogP contribution in [-0.2, 0) is 4.79 Å². The second-order valence-electron chi connectivity index (χ2n) is 4.52. The highest BCUT2D eigenvalue weighted by Crippen LogP contribution is 2.31. The normalized spacial score (nSPS) is 16.3. The van der Waals surface area contributed by atoms with E-state index in [9.17, 15) is 24.4 Å². The molecule has 0 aliphatic carbocycles. The summed E-state index contributed by atoms with van der Waals surface area (Å²) in [5, 5.41) is 19.8. The van der Waals surface area contributed by atoms with Gasteiger partial charge in [-0.15, -0.1) is 0 Å². The van der Waals surface area contributed by atoms with E-state index < -0.39 is 22.4 Å². The quantitative estimate of drug-likeness (QED) is 0.514. The molecule has 0 bridgehead atoms. The average molecular weight is 321 g/mol. The van der Waals surface area contributed by atoms with Crippen molar-refractivity contribution < 1.29 is 24.0 Å². The van der Waals surface area contributed by atoms with Gasteiger partial charge in [0, 0.05) is 7.05 Å². The number of halogens is 1. The Morgan fingerprint density at radius 3 is 2.78 bits per heavy atom. The molecule has 0 fully saturated rings. The summed E-state index contributed by atoms with van der Waals surface area (Å²) in [5.41, 5.74) is 0.222. The van der Waals surface area contributed by atoms with Crippen LogP contribution in [-0.4, -0.2) is 40.8 Å². The highest BCUT2D eigenvalue weighted by Gasteiger charge is 2.26. The Kier molecular flexibility index (Phi) is 4.39. The molecule has 9 heteroatoms. The molecule has 1 amide bonds. The van der Waals surface area contributed by atoms with Crippen LogP contribution in [0.2, 0.25) is 0 Å². The van der Waals surface area contributed by atoms with Crippen LogP contribution in [0.1, 0.15) is 5.56 Å². The number of ether oxygens (including phenoxy) is 1. The second-order valence-corrected chi connectivity index (χ2v) is 4.52. The van der Waals surface area contributed by atoms with Crippen LogP contribution >= 0.6 is 0 Å². The number of nitro groups is 1. The number of aliphatic imine (C=N–C) groups is 1. The van der Waals surface area contributed by atoms with Crippen molar-refractivity contribution in [3.63, 3.8) is 0 Å². The number of aromatic hydroxyl groups is 1.